The molecular weight excluding hydrogens is 216 g/mol. The quantitative estimate of drug-likeness (QED) is 0.840. The van der Waals surface area contributed by atoms with Crippen molar-refractivity contribution in [1.29, 1.82) is 0 Å². The molecule has 0 spiro atoms. The highest BCUT2D eigenvalue weighted by Crippen LogP contribution is 2.36. The van der Waals surface area contributed by atoms with Crippen LogP contribution in [0.3, 0.4) is 0 Å². The van der Waals surface area contributed by atoms with Crippen molar-refractivity contribution < 1.29 is 5.11 Å². The SMILES string of the molecule is CSCCC(O)c1ccc(C2CCC2)cc1. The van der Waals surface area contributed by atoms with Crippen molar-refractivity contribution in [3.8, 4) is 0 Å². The molecule has 1 aromatic carbocycles. The summed E-state index contributed by atoms with van der Waals surface area (Å²) in [6.07, 6.45) is 6.70. The Morgan fingerprint density at radius 3 is 2.50 bits per heavy atom. The van der Waals surface area contributed by atoms with Crippen LogP contribution >= 0.6 is 11.8 Å². The minimum absolute atomic E-state index is 0.289. The third-order valence-corrected chi connectivity index (χ3v) is 4.14. The Morgan fingerprint density at radius 2 is 2.00 bits per heavy atom. The van der Waals surface area contributed by atoms with E-state index in [4.69, 9.17) is 0 Å². The average molecular weight is 236 g/mol. The molecule has 1 nitrogen and oxygen atoms in total. The molecule has 2 heteroatoms. The summed E-state index contributed by atoms with van der Waals surface area (Å²) in [5.74, 6) is 1.81. The summed E-state index contributed by atoms with van der Waals surface area (Å²) in [4.78, 5) is 0. The smallest absolute Gasteiger partial charge is 0.0797 e. The lowest BCUT2D eigenvalue weighted by Crippen LogP contribution is -2.08. The Hall–Kier alpha value is -0.470. The maximum Gasteiger partial charge on any atom is 0.0797 e. The Labute approximate surface area is 102 Å². The van der Waals surface area contributed by atoms with Crippen LogP contribution in [0.15, 0.2) is 24.3 Å². The van der Waals surface area contributed by atoms with E-state index in [1.807, 2.05) is 0 Å². The highest BCUT2D eigenvalue weighted by molar-refractivity contribution is 7.98. The van der Waals surface area contributed by atoms with Gasteiger partial charge >= 0.3 is 0 Å². The van der Waals surface area contributed by atoms with Crippen molar-refractivity contribution in [2.24, 2.45) is 0 Å². The van der Waals surface area contributed by atoms with Gasteiger partial charge in [-0.15, -0.1) is 0 Å². The van der Waals surface area contributed by atoms with Crippen LogP contribution in [0.25, 0.3) is 0 Å². The second kappa shape index (κ2) is 5.74. The van der Waals surface area contributed by atoms with Crippen molar-refractivity contribution in [1.82, 2.24) is 0 Å². The van der Waals surface area contributed by atoms with Crippen molar-refractivity contribution in [2.75, 3.05) is 12.0 Å². The van der Waals surface area contributed by atoms with Gasteiger partial charge in [0.25, 0.3) is 0 Å². The molecule has 1 aliphatic rings. The standard InChI is InChI=1S/C14H20OS/c1-16-10-9-14(15)13-7-5-12(6-8-13)11-3-2-4-11/h5-8,11,14-15H,2-4,9-10H2,1H3. The van der Waals surface area contributed by atoms with Crippen LogP contribution in [0.2, 0.25) is 0 Å². The van der Waals surface area contributed by atoms with Crippen molar-refractivity contribution >= 4 is 11.8 Å². The first-order valence-corrected chi connectivity index (χ1v) is 7.47. The molecule has 0 radical (unpaired) electrons. The summed E-state index contributed by atoms with van der Waals surface area (Å²) in [7, 11) is 0. The summed E-state index contributed by atoms with van der Waals surface area (Å²) in [5, 5.41) is 9.94. The van der Waals surface area contributed by atoms with Gasteiger partial charge in [0, 0.05) is 0 Å². The third kappa shape index (κ3) is 2.80. The van der Waals surface area contributed by atoms with Crippen LogP contribution in [0, 0.1) is 0 Å². The zero-order chi connectivity index (χ0) is 11.4. The van der Waals surface area contributed by atoms with Gasteiger partial charge in [-0.05, 0) is 48.3 Å². The van der Waals surface area contributed by atoms with E-state index in [9.17, 15) is 5.11 Å². The summed E-state index contributed by atoms with van der Waals surface area (Å²) in [6, 6.07) is 8.58. The van der Waals surface area contributed by atoms with Crippen LogP contribution in [-0.4, -0.2) is 17.1 Å². The first-order valence-electron chi connectivity index (χ1n) is 6.08. The maximum absolute atomic E-state index is 9.94. The van der Waals surface area contributed by atoms with Crippen molar-refractivity contribution in [2.45, 2.75) is 37.7 Å². The second-order valence-corrected chi connectivity index (χ2v) is 5.58. The van der Waals surface area contributed by atoms with Gasteiger partial charge in [-0.1, -0.05) is 30.7 Å². The van der Waals surface area contributed by atoms with Gasteiger partial charge in [-0.25, -0.2) is 0 Å². The predicted molar refractivity (Wildman–Crippen MR) is 71.0 cm³/mol. The molecule has 1 atom stereocenters. The van der Waals surface area contributed by atoms with E-state index in [2.05, 4.69) is 30.5 Å². The number of thioether (sulfide) groups is 1. The third-order valence-electron chi connectivity index (χ3n) is 3.49. The van der Waals surface area contributed by atoms with Crippen LogP contribution in [0.4, 0.5) is 0 Å². The molecule has 1 aliphatic carbocycles. The molecular formula is C14H20OS. The van der Waals surface area contributed by atoms with E-state index in [0.29, 0.717) is 0 Å². The lowest BCUT2D eigenvalue weighted by Gasteiger charge is -2.26. The maximum atomic E-state index is 9.94. The number of hydrogen-bond acceptors (Lipinski definition) is 2. The van der Waals surface area contributed by atoms with E-state index in [1.165, 1.54) is 24.8 Å². The zero-order valence-electron chi connectivity index (χ0n) is 9.86. The number of aliphatic hydroxyl groups excluding tert-OH is 1. The molecule has 2 rings (SSSR count). The molecule has 1 saturated carbocycles. The highest BCUT2D eigenvalue weighted by Gasteiger charge is 2.19. The highest BCUT2D eigenvalue weighted by atomic mass is 32.2. The molecule has 0 aromatic heterocycles. The van der Waals surface area contributed by atoms with E-state index in [0.717, 1.165) is 23.7 Å². The van der Waals surface area contributed by atoms with Crippen LogP contribution in [0.1, 0.15) is 48.8 Å². The van der Waals surface area contributed by atoms with E-state index in [-0.39, 0.29) is 6.10 Å². The first-order chi connectivity index (χ1) is 7.81. The topological polar surface area (TPSA) is 20.2 Å². The molecule has 0 heterocycles. The molecule has 0 amide bonds. The number of benzene rings is 1. The Bertz CT molecular complexity index is 316. The van der Waals surface area contributed by atoms with Crippen molar-refractivity contribution in [3.05, 3.63) is 35.4 Å². The Kier molecular flexibility index (Phi) is 4.30. The number of hydrogen-bond donors (Lipinski definition) is 1. The molecule has 88 valence electrons. The lowest BCUT2D eigenvalue weighted by atomic mass is 9.80. The average Bonchev–Trinajstić information content (AvgIpc) is 2.24. The van der Waals surface area contributed by atoms with Crippen LogP contribution in [-0.2, 0) is 0 Å². The van der Waals surface area contributed by atoms with Crippen LogP contribution < -0.4 is 0 Å². The van der Waals surface area contributed by atoms with Crippen molar-refractivity contribution in [3.63, 3.8) is 0 Å². The second-order valence-electron chi connectivity index (χ2n) is 4.59. The first kappa shape index (κ1) is 12.0. The van der Waals surface area contributed by atoms with Gasteiger partial charge in [0.1, 0.15) is 0 Å². The van der Waals surface area contributed by atoms with Gasteiger partial charge in [-0.3, -0.25) is 0 Å². The molecule has 1 unspecified atom stereocenters. The van der Waals surface area contributed by atoms with E-state index in [1.54, 1.807) is 11.8 Å². The summed E-state index contributed by atoms with van der Waals surface area (Å²) >= 11 is 1.79. The zero-order valence-corrected chi connectivity index (χ0v) is 10.7. The van der Waals surface area contributed by atoms with Gasteiger partial charge in [0.2, 0.25) is 0 Å². The largest absolute Gasteiger partial charge is 0.388 e. The molecule has 0 saturated heterocycles. The predicted octanol–water partition coefficient (Wildman–Crippen LogP) is 3.74. The summed E-state index contributed by atoms with van der Waals surface area (Å²) in [5.41, 5.74) is 2.52. The molecule has 0 aliphatic heterocycles. The Balaban J connectivity index is 1.95. The summed E-state index contributed by atoms with van der Waals surface area (Å²) < 4.78 is 0. The molecule has 0 bridgehead atoms. The molecule has 16 heavy (non-hydrogen) atoms. The fourth-order valence-corrected chi connectivity index (χ4v) is 2.59. The van der Waals surface area contributed by atoms with E-state index >= 15 is 0 Å². The monoisotopic (exact) mass is 236 g/mol. The minimum Gasteiger partial charge on any atom is -0.388 e. The number of rotatable bonds is 5. The molecule has 1 fully saturated rings. The van der Waals surface area contributed by atoms with E-state index < -0.39 is 0 Å². The molecule has 1 aromatic rings. The van der Waals surface area contributed by atoms with Gasteiger partial charge in [-0.2, -0.15) is 11.8 Å². The fourth-order valence-electron chi connectivity index (χ4n) is 2.13. The summed E-state index contributed by atoms with van der Waals surface area (Å²) in [6.45, 7) is 0. The fraction of sp³-hybridized carbons (Fsp3) is 0.571. The normalized spacial score (nSPS) is 18.1. The van der Waals surface area contributed by atoms with Gasteiger partial charge in [0.15, 0.2) is 0 Å². The number of aliphatic hydroxyl groups is 1. The van der Waals surface area contributed by atoms with Crippen LogP contribution in [0.5, 0.6) is 0 Å². The minimum atomic E-state index is -0.289. The van der Waals surface area contributed by atoms with Gasteiger partial charge < -0.3 is 5.11 Å². The van der Waals surface area contributed by atoms with Gasteiger partial charge in [0.05, 0.1) is 6.10 Å². The Morgan fingerprint density at radius 1 is 1.31 bits per heavy atom. The lowest BCUT2D eigenvalue weighted by molar-refractivity contribution is 0.175. The molecule has 1 N–H and O–H groups in total.